The number of ether oxygens (including phenoxy) is 1. The van der Waals surface area contributed by atoms with Crippen LogP contribution in [0.1, 0.15) is 30.9 Å². The molecule has 1 amide bonds. The first-order valence-electron chi connectivity index (χ1n) is 10.7. The Morgan fingerprint density at radius 1 is 1.06 bits per heavy atom. The Morgan fingerprint density at radius 2 is 1.79 bits per heavy atom. The van der Waals surface area contributed by atoms with Gasteiger partial charge < -0.3 is 14.5 Å². The van der Waals surface area contributed by atoms with Gasteiger partial charge in [0.2, 0.25) is 11.2 Å². The van der Waals surface area contributed by atoms with E-state index in [1.165, 1.54) is 0 Å². The Labute approximate surface area is 197 Å². The van der Waals surface area contributed by atoms with Crippen LogP contribution in [0.15, 0.2) is 75.9 Å². The van der Waals surface area contributed by atoms with E-state index >= 15 is 0 Å². The van der Waals surface area contributed by atoms with Crippen LogP contribution in [0.5, 0.6) is 5.75 Å². The molecule has 0 aliphatic carbocycles. The van der Waals surface area contributed by atoms with Gasteiger partial charge in [-0.3, -0.25) is 9.59 Å². The first kappa shape index (κ1) is 22.6. The fourth-order valence-corrected chi connectivity index (χ4v) is 3.77. The number of nitrogens with one attached hydrogen (secondary N) is 1. The molecule has 3 aromatic carbocycles. The third-order valence-electron chi connectivity index (χ3n) is 5.32. The van der Waals surface area contributed by atoms with E-state index in [1.807, 2.05) is 37.3 Å². The molecule has 0 unspecified atom stereocenters. The summed E-state index contributed by atoms with van der Waals surface area (Å²) >= 11 is 6.02. The first-order valence-corrected chi connectivity index (χ1v) is 11.1. The van der Waals surface area contributed by atoms with Crippen molar-refractivity contribution in [2.24, 2.45) is 0 Å². The van der Waals surface area contributed by atoms with Gasteiger partial charge in [0.1, 0.15) is 5.58 Å². The van der Waals surface area contributed by atoms with Gasteiger partial charge >= 0.3 is 0 Å². The van der Waals surface area contributed by atoms with Gasteiger partial charge in [0.15, 0.2) is 12.4 Å². The molecule has 0 saturated carbocycles. The highest BCUT2D eigenvalue weighted by molar-refractivity contribution is 6.30. The SMILES string of the molecule is Cc1ccc2c(=O)c(OCC(=O)Nc3ccccc3C(C)C)c(-c3ccc(Cl)cc3)oc2c1. The second-order valence-corrected chi connectivity index (χ2v) is 8.61. The average Bonchev–Trinajstić information content (AvgIpc) is 2.79. The smallest absolute Gasteiger partial charge is 0.262 e. The largest absolute Gasteiger partial charge is 0.476 e. The third-order valence-corrected chi connectivity index (χ3v) is 5.57. The number of amides is 1. The maximum absolute atomic E-state index is 13.3. The number of hydrogen-bond donors (Lipinski definition) is 1. The quantitative estimate of drug-likeness (QED) is 0.353. The highest BCUT2D eigenvalue weighted by atomic mass is 35.5. The van der Waals surface area contributed by atoms with Crippen LogP contribution in [-0.2, 0) is 4.79 Å². The zero-order chi connectivity index (χ0) is 23.5. The van der Waals surface area contributed by atoms with Crippen molar-refractivity contribution in [3.8, 4) is 17.1 Å². The number of para-hydroxylation sites is 1. The highest BCUT2D eigenvalue weighted by Gasteiger charge is 2.19. The number of aryl methyl sites for hydroxylation is 1. The Morgan fingerprint density at radius 3 is 2.52 bits per heavy atom. The monoisotopic (exact) mass is 461 g/mol. The molecule has 33 heavy (non-hydrogen) atoms. The molecule has 0 aliphatic rings. The van der Waals surface area contributed by atoms with Crippen molar-refractivity contribution in [1.82, 2.24) is 0 Å². The molecule has 4 rings (SSSR count). The van der Waals surface area contributed by atoms with Gasteiger partial charge in [-0.1, -0.05) is 49.7 Å². The Hall–Kier alpha value is -3.57. The number of benzene rings is 3. The summed E-state index contributed by atoms with van der Waals surface area (Å²) in [5.74, 6) is 0.120. The molecule has 0 fully saturated rings. The van der Waals surface area contributed by atoms with Gasteiger partial charge in [-0.25, -0.2) is 0 Å². The van der Waals surface area contributed by atoms with E-state index in [0.717, 1.165) is 16.8 Å². The van der Waals surface area contributed by atoms with Crippen LogP contribution < -0.4 is 15.5 Å². The van der Waals surface area contributed by atoms with Crippen molar-refractivity contribution >= 4 is 34.2 Å². The number of carbonyl (C=O) groups is 1. The average molecular weight is 462 g/mol. The third kappa shape index (κ3) is 4.94. The number of rotatable bonds is 6. The lowest BCUT2D eigenvalue weighted by molar-refractivity contribution is -0.118. The van der Waals surface area contributed by atoms with E-state index < -0.39 is 0 Å². The zero-order valence-electron chi connectivity index (χ0n) is 18.6. The molecular formula is C27H24ClNO4. The minimum atomic E-state index is -0.367. The molecule has 0 radical (unpaired) electrons. The predicted molar refractivity (Wildman–Crippen MR) is 132 cm³/mol. The van der Waals surface area contributed by atoms with Crippen molar-refractivity contribution in [2.45, 2.75) is 26.7 Å². The summed E-state index contributed by atoms with van der Waals surface area (Å²) in [7, 11) is 0. The zero-order valence-corrected chi connectivity index (χ0v) is 19.4. The van der Waals surface area contributed by atoms with Crippen molar-refractivity contribution in [3.63, 3.8) is 0 Å². The van der Waals surface area contributed by atoms with Gasteiger partial charge in [-0.15, -0.1) is 0 Å². The van der Waals surface area contributed by atoms with Crippen molar-refractivity contribution < 1.29 is 13.9 Å². The van der Waals surface area contributed by atoms with E-state index in [2.05, 4.69) is 19.2 Å². The highest BCUT2D eigenvalue weighted by Crippen LogP contribution is 2.32. The molecule has 0 bridgehead atoms. The van der Waals surface area contributed by atoms with Gasteiger partial charge in [0.25, 0.3) is 5.91 Å². The summed E-state index contributed by atoms with van der Waals surface area (Å²) < 4.78 is 11.9. The first-order chi connectivity index (χ1) is 15.8. The van der Waals surface area contributed by atoms with E-state index in [9.17, 15) is 9.59 Å². The lowest BCUT2D eigenvalue weighted by atomic mass is 10.0. The number of anilines is 1. The molecule has 5 nitrogen and oxygen atoms in total. The second kappa shape index (κ2) is 9.51. The number of halogens is 1. The Balaban J connectivity index is 1.68. The van der Waals surface area contributed by atoms with E-state index in [0.29, 0.717) is 21.6 Å². The summed E-state index contributed by atoms with van der Waals surface area (Å²) in [6.07, 6.45) is 0. The standard InChI is InChI=1S/C27H24ClNO4/c1-16(2)20-6-4-5-7-22(20)29-24(30)15-32-27-25(31)21-13-8-17(3)14-23(21)33-26(27)18-9-11-19(28)12-10-18/h4-14,16H,15H2,1-3H3,(H,29,30). The summed E-state index contributed by atoms with van der Waals surface area (Å²) in [5.41, 5.74) is 3.45. The van der Waals surface area contributed by atoms with E-state index in [4.69, 9.17) is 20.8 Å². The number of carbonyl (C=O) groups excluding carboxylic acids is 1. The summed E-state index contributed by atoms with van der Waals surface area (Å²) in [6, 6.07) is 19.8. The summed E-state index contributed by atoms with van der Waals surface area (Å²) in [4.78, 5) is 26.0. The van der Waals surface area contributed by atoms with Gasteiger partial charge in [-0.05, 0) is 66.4 Å². The van der Waals surface area contributed by atoms with Crippen molar-refractivity contribution in [1.29, 1.82) is 0 Å². The van der Waals surface area contributed by atoms with Crippen molar-refractivity contribution in [2.75, 3.05) is 11.9 Å². The molecular weight excluding hydrogens is 438 g/mol. The maximum Gasteiger partial charge on any atom is 0.262 e. The second-order valence-electron chi connectivity index (χ2n) is 8.17. The van der Waals surface area contributed by atoms with Crippen LogP contribution in [0.2, 0.25) is 5.02 Å². The number of fused-ring (bicyclic) bond motifs is 1. The molecule has 6 heteroatoms. The summed E-state index contributed by atoms with van der Waals surface area (Å²) in [6.45, 7) is 5.70. The van der Waals surface area contributed by atoms with Crippen LogP contribution in [-0.4, -0.2) is 12.5 Å². The molecule has 1 aromatic heterocycles. The van der Waals surface area contributed by atoms with Crippen LogP contribution in [0.4, 0.5) is 5.69 Å². The molecule has 0 atom stereocenters. The molecule has 1 heterocycles. The fraction of sp³-hybridized carbons (Fsp3) is 0.185. The summed E-state index contributed by atoms with van der Waals surface area (Å²) in [5, 5.41) is 3.83. The Kier molecular flexibility index (Phi) is 6.52. The van der Waals surface area contributed by atoms with Crippen LogP contribution in [0, 0.1) is 6.92 Å². The molecule has 0 saturated heterocycles. The molecule has 168 valence electrons. The minimum Gasteiger partial charge on any atom is -0.476 e. The maximum atomic E-state index is 13.3. The van der Waals surface area contributed by atoms with E-state index in [1.54, 1.807) is 36.4 Å². The molecule has 4 aromatic rings. The predicted octanol–water partition coefficient (Wildman–Crippen LogP) is 6.56. The normalized spacial score (nSPS) is 11.1. The van der Waals surface area contributed by atoms with Crippen LogP contribution in [0.3, 0.4) is 0 Å². The number of hydrogen-bond acceptors (Lipinski definition) is 4. The molecule has 0 aliphatic heterocycles. The van der Waals surface area contributed by atoms with Crippen molar-refractivity contribution in [3.05, 3.63) is 93.1 Å². The Bertz CT molecular complexity index is 1370. The van der Waals surface area contributed by atoms with Crippen LogP contribution >= 0.6 is 11.6 Å². The molecule has 1 N–H and O–H groups in total. The molecule has 0 spiro atoms. The lowest BCUT2D eigenvalue weighted by Gasteiger charge is -2.15. The van der Waals surface area contributed by atoms with Gasteiger partial charge in [0, 0.05) is 16.3 Å². The van der Waals surface area contributed by atoms with Gasteiger partial charge in [-0.2, -0.15) is 0 Å². The van der Waals surface area contributed by atoms with Gasteiger partial charge in [0.05, 0.1) is 5.39 Å². The topological polar surface area (TPSA) is 68.5 Å². The van der Waals surface area contributed by atoms with Crippen LogP contribution in [0.25, 0.3) is 22.3 Å². The lowest BCUT2D eigenvalue weighted by Crippen LogP contribution is -2.23. The minimum absolute atomic E-state index is 0.0130. The fourth-order valence-electron chi connectivity index (χ4n) is 3.64. The van der Waals surface area contributed by atoms with E-state index in [-0.39, 0.29) is 35.4 Å².